The van der Waals surface area contributed by atoms with Crippen molar-refractivity contribution in [3.63, 3.8) is 0 Å². The largest absolute Gasteiger partial charge is 0.493 e. The zero-order valence-corrected chi connectivity index (χ0v) is 17.3. The van der Waals surface area contributed by atoms with Crippen LogP contribution in [0.3, 0.4) is 0 Å². The molecule has 2 aromatic rings. The average molecular weight is 400 g/mol. The van der Waals surface area contributed by atoms with Gasteiger partial charge in [0.15, 0.2) is 11.5 Å². The molecular weight excluding hydrogens is 369 g/mol. The minimum absolute atomic E-state index is 0.171. The average Bonchev–Trinajstić information content (AvgIpc) is 2.77. The SMILES string of the molecule is COc1ccc(C2CCN(CCC3CCOc4ccc(F)cc43)CC2)cc1OC. The number of benzene rings is 2. The van der Waals surface area contributed by atoms with E-state index >= 15 is 0 Å². The Labute approximate surface area is 172 Å². The van der Waals surface area contributed by atoms with E-state index in [1.54, 1.807) is 26.4 Å². The Morgan fingerprint density at radius 2 is 1.79 bits per heavy atom. The molecule has 0 N–H and O–H groups in total. The van der Waals surface area contributed by atoms with Gasteiger partial charge in [-0.1, -0.05) is 6.07 Å². The van der Waals surface area contributed by atoms with Crippen LogP contribution in [0.1, 0.15) is 48.6 Å². The van der Waals surface area contributed by atoms with Gasteiger partial charge in [0, 0.05) is 5.56 Å². The van der Waals surface area contributed by atoms with Crippen LogP contribution in [0.4, 0.5) is 4.39 Å². The Bertz CT molecular complexity index is 833. The van der Waals surface area contributed by atoms with Gasteiger partial charge in [0.1, 0.15) is 11.6 Å². The molecule has 1 atom stereocenters. The Balaban J connectivity index is 1.32. The van der Waals surface area contributed by atoms with E-state index < -0.39 is 0 Å². The third-order valence-electron chi connectivity index (χ3n) is 6.40. The summed E-state index contributed by atoms with van der Waals surface area (Å²) in [6.45, 7) is 3.97. The number of fused-ring (bicyclic) bond motifs is 1. The second kappa shape index (κ2) is 9.04. The molecule has 1 fully saturated rings. The zero-order chi connectivity index (χ0) is 20.2. The van der Waals surface area contributed by atoms with Crippen LogP contribution in [-0.4, -0.2) is 45.4 Å². The molecule has 0 radical (unpaired) electrons. The molecule has 5 heteroatoms. The van der Waals surface area contributed by atoms with Gasteiger partial charge in [-0.2, -0.15) is 0 Å². The minimum Gasteiger partial charge on any atom is -0.493 e. The highest BCUT2D eigenvalue weighted by molar-refractivity contribution is 5.44. The van der Waals surface area contributed by atoms with Gasteiger partial charge >= 0.3 is 0 Å². The van der Waals surface area contributed by atoms with E-state index in [-0.39, 0.29) is 5.82 Å². The lowest BCUT2D eigenvalue weighted by atomic mass is 9.87. The molecule has 0 saturated carbocycles. The van der Waals surface area contributed by atoms with Gasteiger partial charge in [0.2, 0.25) is 0 Å². The first kappa shape index (κ1) is 20.0. The first-order valence-electron chi connectivity index (χ1n) is 10.5. The van der Waals surface area contributed by atoms with Gasteiger partial charge < -0.3 is 19.1 Å². The van der Waals surface area contributed by atoms with Crippen molar-refractivity contribution in [2.75, 3.05) is 40.5 Å². The maximum absolute atomic E-state index is 13.7. The second-order valence-electron chi connectivity index (χ2n) is 8.04. The summed E-state index contributed by atoms with van der Waals surface area (Å²) in [5, 5.41) is 0. The number of ether oxygens (including phenoxy) is 3. The van der Waals surface area contributed by atoms with Crippen LogP contribution in [0.15, 0.2) is 36.4 Å². The molecule has 0 amide bonds. The van der Waals surface area contributed by atoms with E-state index in [2.05, 4.69) is 17.0 Å². The van der Waals surface area contributed by atoms with E-state index in [1.165, 1.54) is 11.6 Å². The van der Waals surface area contributed by atoms with Crippen LogP contribution in [0, 0.1) is 5.82 Å². The summed E-state index contributed by atoms with van der Waals surface area (Å²) in [7, 11) is 3.35. The number of likely N-dealkylation sites (tertiary alicyclic amines) is 1. The molecule has 0 aromatic heterocycles. The molecular formula is C24H30FNO3. The van der Waals surface area contributed by atoms with Crippen molar-refractivity contribution in [3.8, 4) is 17.2 Å². The van der Waals surface area contributed by atoms with Crippen molar-refractivity contribution in [1.29, 1.82) is 0 Å². The van der Waals surface area contributed by atoms with E-state index in [4.69, 9.17) is 14.2 Å². The molecule has 0 bridgehead atoms. The van der Waals surface area contributed by atoms with Crippen molar-refractivity contribution < 1.29 is 18.6 Å². The van der Waals surface area contributed by atoms with Crippen molar-refractivity contribution in [2.45, 2.75) is 37.5 Å². The molecule has 1 saturated heterocycles. The number of methoxy groups -OCH3 is 2. The highest BCUT2D eigenvalue weighted by atomic mass is 19.1. The van der Waals surface area contributed by atoms with Gasteiger partial charge in [-0.15, -0.1) is 0 Å². The fraction of sp³-hybridized carbons (Fsp3) is 0.500. The Kier molecular flexibility index (Phi) is 6.24. The Morgan fingerprint density at radius 1 is 1.00 bits per heavy atom. The molecule has 2 aliphatic rings. The topological polar surface area (TPSA) is 30.9 Å². The van der Waals surface area contributed by atoms with Crippen molar-refractivity contribution in [2.24, 2.45) is 0 Å². The fourth-order valence-electron chi connectivity index (χ4n) is 4.67. The third-order valence-corrected chi connectivity index (χ3v) is 6.40. The number of piperidine rings is 1. The predicted octanol–water partition coefficient (Wildman–Crippen LogP) is 4.98. The van der Waals surface area contributed by atoms with Crippen LogP contribution >= 0.6 is 0 Å². The monoisotopic (exact) mass is 399 g/mol. The summed E-state index contributed by atoms with van der Waals surface area (Å²) in [5.41, 5.74) is 2.37. The summed E-state index contributed by atoms with van der Waals surface area (Å²) in [6.07, 6.45) is 4.32. The Morgan fingerprint density at radius 3 is 2.55 bits per heavy atom. The first-order chi connectivity index (χ1) is 14.2. The van der Waals surface area contributed by atoms with Crippen LogP contribution < -0.4 is 14.2 Å². The standard InChI is InChI=1S/C24H30FNO3/c1-27-23-5-3-19(15-24(23)28-2)17-7-11-26(12-8-17)13-9-18-10-14-29-22-6-4-20(25)16-21(18)22/h3-6,15-18H,7-14H2,1-2H3. The number of hydrogen-bond acceptors (Lipinski definition) is 4. The maximum atomic E-state index is 13.7. The van der Waals surface area contributed by atoms with Crippen molar-refractivity contribution >= 4 is 0 Å². The third kappa shape index (κ3) is 4.50. The van der Waals surface area contributed by atoms with Gasteiger partial charge in [0.05, 0.1) is 20.8 Å². The molecule has 4 rings (SSSR count). The van der Waals surface area contributed by atoms with Gasteiger partial charge in [-0.05, 0) is 93.0 Å². The maximum Gasteiger partial charge on any atom is 0.160 e. The van der Waals surface area contributed by atoms with Crippen LogP contribution in [0.2, 0.25) is 0 Å². The predicted molar refractivity (Wildman–Crippen MR) is 112 cm³/mol. The van der Waals surface area contributed by atoms with Crippen LogP contribution in [-0.2, 0) is 0 Å². The highest BCUT2D eigenvalue weighted by Crippen LogP contribution is 2.38. The van der Waals surface area contributed by atoms with Crippen molar-refractivity contribution in [3.05, 3.63) is 53.3 Å². The van der Waals surface area contributed by atoms with E-state index in [1.807, 2.05) is 6.07 Å². The summed E-state index contributed by atoms with van der Waals surface area (Å²) in [5.74, 6) is 3.21. The summed E-state index contributed by atoms with van der Waals surface area (Å²) in [6, 6.07) is 11.2. The molecule has 0 spiro atoms. The zero-order valence-electron chi connectivity index (χ0n) is 17.3. The molecule has 2 aromatic carbocycles. The highest BCUT2D eigenvalue weighted by Gasteiger charge is 2.25. The summed E-state index contributed by atoms with van der Waals surface area (Å²) < 4.78 is 30.2. The normalized spacial score (nSPS) is 20.0. The quantitative estimate of drug-likeness (QED) is 0.686. The minimum atomic E-state index is -0.171. The second-order valence-corrected chi connectivity index (χ2v) is 8.04. The molecule has 4 nitrogen and oxygen atoms in total. The number of halogens is 1. The molecule has 2 heterocycles. The molecule has 2 aliphatic heterocycles. The Hall–Kier alpha value is -2.27. The van der Waals surface area contributed by atoms with Crippen LogP contribution in [0.25, 0.3) is 0 Å². The van der Waals surface area contributed by atoms with Gasteiger partial charge in [0.25, 0.3) is 0 Å². The van der Waals surface area contributed by atoms with Gasteiger partial charge in [-0.3, -0.25) is 0 Å². The number of nitrogens with zero attached hydrogens (tertiary/aromatic N) is 1. The lowest BCUT2D eigenvalue weighted by Crippen LogP contribution is -2.34. The smallest absolute Gasteiger partial charge is 0.160 e. The molecule has 156 valence electrons. The number of rotatable bonds is 6. The number of hydrogen-bond donors (Lipinski definition) is 0. The van der Waals surface area contributed by atoms with Crippen LogP contribution in [0.5, 0.6) is 17.2 Å². The van der Waals surface area contributed by atoms with Gasteiger partial charge in [-0.25, -0.2) is 4.39 Å². The summed E-state index contributed by atoms with van der Waals surface area (Å²) in [4.78, 5) is 2.55. The van der Waals surface area contributed by atoms with E-state index in [0.29, 0.717) is 11.8 Å². The molecule has 29 heavy (non-hydrogen) atoms. The lowest BCUT2D eigenvalue weighted by molar-refractivity contribution is 0.194. The first-order valence-corrected chi connectivity index (χ1v) is 10.5. The lowest BCUT2D eigenvalue weighted by Gasteiger charge is -2.34. The van der Waals surface area contributed by atoms with E-state index in [0.717, 1.165) is 74.7 Å². The fourth-order valence-corrected chi connectivity index (χ4v) is 4.67. The molecule has 1 unspecified atom stereocenters. The van der Waals surface area contributed by atoms with E-state index in [9.17, 15) is 4.39 Å². The molecule has 0 aliphatic carbocycles. The summed E-state index contributed by atoms with van der Waals surface area (Å²) >= 11 is 0. The van der Waals surface area contributed by atoms with Crippen molar-refractivity contribution in [1.82, 2.24) is 4.90 Å².